The predicted molar refractivity (Wildman–Crippen MR) is 98.9 cm³/mol. The Balaban J connectivity index is 2.05. The molecule has 0 aliphatic carbocycles. The summed E-state index contributed by atoms with van der Waals surface area (Å²) in [4.78, 5) is 14.2. The third-order valence-electron chi connectivity index (χ3n) is 3.79. The number of rotatable bonds is 6. The van der Waals surface area contributed by atoms with Crippen LogP contribution in [0.5, 0.6) is 0 Å². The van der Waals surface area contributed by atoms with Gasteiger partial charge in [-0.1, -0.05) is 23.7 Å². The van der Waals surface area contributed by atoms with E-state index in [9.17, 15) is 18.0 Å². The van der Waals surface area contributed by atoms with E-state index in [-0.39, 0.29) is 5.69 Å². The van der Waals surface area contributed by atoms with E-state index >= 15 is 0 Å². The van der Waals surface area contributed by atoms with Crippen LogP contribution in [0.2, 0.25) is 5.02 Å². The minimum absolute atomic E-state index is 0.218. The zero-order chi connectivity index (χ0) is 20.0. The van der Waals surface area contributed by atoms with Crippen molar-refractivity contribution < 1.29 is 22.7 Å². The van der Waals surface area contributed by atoms with Crippen molar-refractivity contribution in [1.82, 2.24) is 4.90 Å². The van der Waals surface area contributed by atoms with Gasteiger partial charge in [0.1, 0.15) is 6.10 Å². The zero-order valence-corrected chi connectivity index (χ0v) is 15.6. The van der Waals surface area contributed by atoms with Crippen molar-refractivity contribution >= 4 is 23.4 Å². The second-order valence-corrected chi connectivity index (χ2v) is 6.67. The average molecular weight is 401 g/mol. The molecule has 0 heterocycles. The van der Waals surface area contributed by atoms with Gasteiger partial charge in [0.2, 0.25) is 0 Å². The molecule has 1 amide bonds. The Bertz CT molecular complexity index is 747. The fourth-order valence-corrected chi connectivity index (χ4v) is 2.49. The molecule has 0 spiro atoms. The summed E-state index contributed by atoms with van der Waals surface area (Å²) < 4.78 is 43.3. The summed E-state index contributed by atoms with van der Waals surface area (Å²) in [5.74, 6) is 0. The second-order valence-electron chi connectivity index (χ2n) is 6.24. The van der Waals surface area contributed by atoms with Crippen molar-refractivity contribution in [2.45, 2.75) is 18.7 Å². The molecule has 0 saturated carbocycles. The number of hydrogen-bond donors (Lipinski definition) is 1. The summed E-state index contributed by atoms with van der Waals surface area (Å²) in [6.45, 7) is 0.681. The van der Waals surface area contributed by atoms with Crippen LogP contribution in [0.15, 0.2) is 48.5 Å². The van der Waals surface area contributed by atoms with Crippen LogP contribution in [0.25, 0.3) is 0 Å². The van der Waals surface area contributed by atoms with E-state index in [4.69, 9.17) is 16.3 Å². The van der Waals surface area contributed by atoms with Gasteiger partial charge in [-0.05, 0) is 56.1 Å². The topological polar surface area (TPSA) is 41.6 Å². The van der Waals surface area contributed by atoms with Gasteiger partial charge in [-0.2, -0.15) is 13.2 Å². The Morgan fingerprint density at radius 3 is 2.22 bits per heavy atom. The number of alkyl halides is 3. The molecule has 4 nitrogen and oxygen atoms in total. The number of carbonyl (C=O) groups excluding carboxylic acids is 1. The summed E-state index contributed by atoms with van der Waals surface area (Å²) in [5.41, 5.74) is 0.214. The Hall–Kier alpha value is -2.25. The number of halogens is 4. The lowest BCUT2D eigenvalue weighted by Gasteiger charge is -2.21. The van der Waals surface area contributed by atoms with Gasteiger partial charge in [0.25, 0.3) is 0 Å². The van der Waals surface area contributed by atoms with Crippen molar-refractivity contribution in [3.8, 4) is 0 Å². The SMILES string of the molecule is CN(C)CCC(OC(=O)Nc1ccc(C(F)(F)F)cc1)c1ccc(Cl)cc1. The van der Waals surface area contributed by atoms with Gasteiger partial charge in [-0.15, -0.1) is 0 Å². The van der Waals surface area contributed by atoms with Gasteiger partial charge in [0.15, 0.2) is 0 Å². The first kappa shape index (κ1) is 21.1. The number of nitrogens with zero attached hydrogens (tertiary/aromatic N) is 1. The molecule has 1 unspecified atom stereocenters. The van der Waals surface area contributed by atoms with Gasteiger partial charge < -0.3 is 9.64 Å². The molecule has 0 aliphatic heterocycles. The number of benzene rings is 2. The molecular formula is C19H20ClF3N2O2. The molecule has 1 atom stereocenters. The standard InChI is InChI=1S/C19H20ClF3N2O2/c1-25(2)12-11-17(13-3-7-15(20)8-4-13)27-18(26)24-16-9-5-14(6-10-16)19(21,22)23/h3-10,17H,11-12H2,1-2H3,(H,24,26). The fraction of sp³-hybridized carbons (Fsp3) is 0.316. The van der Waals surface area contributed by atoms with Crippen molar-refractivity contribution in [3.63, 3.8) is 0 Å². The minimum Gasteiger partial charge on any atom is -0.441 e. The Morgan fingerprint density at radius 2 is 1.70 bits per heavy atom. The predicted octanol–water partition coefficient (Wildman–Crippen LogP) is 5.60. The van der Waals surface area contributed by atoms with Crippen LogP contribution in [-0.2, 0) is 10.9 Å². The zero-order valence-electron chi connectivity index (χ0n) is 14.9. The highest BCUT2D eigenvalue weighted by Gasteiger charge is 2.30. The first-order valence-electron chi connectivity index (χ1n) is 8.20. The van der Waals surface area contributed by atoms with Gasteiger partial charge >= 0.3 is 12.3 Å². The lowest BCUT2D eigenvalue weighted by Crippen LogP contribution is -2.22. The van der Waals surface area contributed by atoms with E-state index in [1.807, 2.05) is 19.0 Å². The van der Waals surface area contributed by atoms with Crippen LogP contribution in [0.1, 0.15) is 23.7 Å². The summed E-state index contributed by atoms with van der Waals surface area (Å²) in [6, 6.07) is 11.1. The first-order valence-corrected chi connectivity index (χ1v) is 8.58. The maximum absolute atomic E-state index is 12.6. The quantitative estimate of drug-likeness (QED) is 0.686. The molecule has 1 N–H and O–H groups in total. The highest BCUT2D eigenvalue weighted by Crippen LogP contribution is 2.30. The molecule has 27 heavy (non-hydrogen) atoms. The van der Waals surface area contributed by atoms with Crippen molar-refractivity contribution in [1.29, 1.82) is 0 Å². The van der Waals surface area contributed by atoms with Crippen LogP contribution in [0, 0.1) is 0 Å². The number of nitrogens with one attached hydrogen (secondary N) is 1. The first-order chi connectivity index (χ1) is 12.6. The van der Waals surface area contributed by atoms with E-state index in [1.165, 1.54) is 12.1 Å². The van der Waals surface area contributed by atoms with Crippen LogP contribution in [0.3, 0.4) is 0 Å². The fourth-order valence-electron chi connectivity index (χ4n) is 2.37. The molecule has 0 saturated heterocycles. The third kappa shape index (κ3) is 6.77. The number of anilines is 1. The summed E-state index contributed by atoms with van der Waals surface area (Å²) >= 11 is 5.89. The minimum atomic E-state index is -4.43. The maximum Gasteiger partial charge on any atom is 0.416 e. The van der Waals surface area contributed by atoms with Crippen molar-refractivity contribution in [3.05, 3.63) is 64.7 Å². The molecule has 2 aromatic carbocycles. The van der Waals surface area contributed by atoms with Crippen molar-refractivity contribution in [2.24, 2.45) is 0 Å². The summed E-state index contributed by atoms with van der Waals surface area (Å²) in [6.07, 6.45) is -5.13. The van der Waals surface area contributed by atoms with Gasteiger partial charge in [0.05, 0.1) is 5.56 Å². The number of ether oxygens (including phenoxy) is 1. The molecule has 0 bridgehead atoms. The van der Waals surface area contributed by atoms with E-state index in [1.54, 1.807) is 24.3 Å². The van der Waals surface area contributed by atoms with E-state index in [2.05, 4.69) is 5.32 Å². The number of amides is 1. The Kier molecular flexibility index (Phi) is 7.10. The molecule has 0 radical (unpaired) electrons. The monoisotopic (exact) mass is 400 g/mol. The van der Waals surface area contributed by atoms with Crippen LogP contribution < -0.4 is 5.32 Å². The molecule has 0 aromatic heterocycles. The molecular weight excluding hydrogens is 381 g/mol. The van der Waals surface area contributed by atoms with Gasteiger partial charge in [0, 0.05) is 23.7 Å². The van der Waals surface area contributed by atoms with E-state index in [0.717, 1.165) is 17.7 Å². The molecule has 8 heteroatoms. The van der Waals surface area contributed by atoms with Gasteiger partial charge in [-0.25, -0.2) is 4.79 Å². The molecule has 146 valence electrons. The molecule has 0 aliphatic rings. The summed E-state index contributed by atoms with van der Waals surface area (Å²) in [7, 11) is 3.81. The Labute approximate surface area is 160 Å². The van der Waals surface area contributed by atoms with Crippen LogP contribution >= 0.6 is 11.6 Å². The maximum atomic E-state index is 12.6. The van der Waals surface area contributed by atoms with E-state index in [0.29, 0.717) is 18.0 Å². The Morgan fingerprint density at radius 1 is 1.11 bits per heavy atom. The van der Waals surface area contributed by atoms with Crippen LogP contribution in [0.4, 0.5) is 23.7 Å². The lowest BCUT2D eigenvalue weighted by molar-refractivity contribution is -0.137. The third-order valence-corrected chi connectivity index (χ3v) is 4.04. The summed E-state index contributed by atoms with van der Waals surface area (Å²) in [5, 5.41) is 3.02. The average Bonchev–Trinajstić information content (AvgIpc) is 2.59. The van der Waals surface area contributed by atoms with E-state index < -0.39 is 23.9 Å². The molecule has 2 aromatic rings. The smallest absolute Gasteiger partial charge is 0.416 e. The van der Waals surface area contributed by atoms with Crippen LogP contribution in [-0.4, -0.2) is 31.6 Å². The number of hydrogen-bond acceptors (Lipinski definition) is 3. The molecule has 2 rings (SSSR count). The molecule has 0 fully saturated rings. The number of carbonyl (C=O) groups is 1. The van der Waals surface area contributed by atoms with Gasteiger partial charge in [-0.3, -0.25) is 5.32 Å². The normalized spacial score (nSPS) is 12.7. The second kappa shape index (κ2) is 9.10. The largest absolute Gasteiger partial charge is 0.441 e. The lowest BCUT2D eigenvalue weighted by atomic mass is 10.1. The van der Waals surface area contributed by atoms with Crippen molar-refractivity contribution in [2.75, 3.05) is 26.0 Å². The highest BCUT2D eigenvalue weighted by molar-refractivity contribution is 6.30. The highest BCUT2D eigenvalue weighted by atomic mass is 35.5.